The number of nitrogens with one attached hydrogen (secondary N) is 1. The summed E-state index contributed by atoms with van der Waals surface area (Å²) in [5.74, 6) is 0.415. The van der Waals surface area contributed by atoms with E-state index in [0.717, 1.165) is 6.42 Å². The van der Waals surface area contributed by atoms with Gasteiger partial charge in [-0.25, -0.2) is 0 Å². The van der Waals surface area contributed by atoms with E-state index in [1.54, 1.807) is 0 Å². The van der Waals surface area contributed by atoms with Gasteiger partial charge in [0.1, 0.15) is 4.99 Å². The van der Waals surface area contributed by atoms with Crippen LogP contribution in [-0.2, 0) is 4.79 Å². The van der Waals surface area contributed by atoms with Crippen molar-refractivity contribution in [2.45, 2.75) is 32.4 Å². The van der Waals surface area contributed by atoms with Gasteiger partial charge in [0.2, 0.25) is 5.78 Å². The van der Waals surface area contributed by atoms with Gasteiger partial charge in [0.25, 0.3) is 0 Å². The maximum atomic E-state index is 11.2. The van der Waals surface area contributed by atoms with E-state index in [9.17, 15) is 4.79 Å². The number of rotatable bonds is 2. The van der Waals surface area contributed by atoms with Crippen LogP contribution in [0.15, 0.2) is 0 Å². The molecule has 0 unspecified atom stereocenters. The number of hydrogen-bond donors (Lipinski definition) is 2. The highest BCUT2D eigenvalue weighted by molar-refractivity contribution is 7.82. The fourth-order valence-electron chi connectivity index (χ4n) is 1.38. The lowest BCUT2D eigenvalue weighted by atomic mass is 9.99. The predicted molar refractivity (Wildman–Crippen MR) is 52.0 cm³/mol. The zero-order chi connectivity index (χ0) is 9.30. The first-order chi connectivity index (χ1) is 5.52. The van der Waals surface area contributed by atoms with E-state index in [1.807, 2.05) is 0 Å². The van der Waals surface area contributed by atoms with Crippen molar-refractivity contribution in [1.29, 1.82) is 0 Å². The highest BCUT2D eigenvalue weighted by Gasteiger charge is 2.35. The summed E-state index contributed by atoms with van der Waals surface area (Å²) < 4.78 is 0. The average Bonchev–Trinajstić information content (AvgIpc) is 2.17. The zero-order valence-corrected chi connectivity index (χ0v) is 8.15. The lowest BCUT2D eigenvalue weighted by Crippen LogP contribution is -2.39. The molecule has 0 aliphatic carbocycles. The van der Waals surface area contributed by atoms with Crippen molar-refractivity contribution in [3.63, 3.8) is 0 Å². The maximum Gasteiger partial charge on any atom is 0.208 e. The van der Waals surface area contributed by atoms with Gasteiger partial charge in [-0.05, 0) is 12.3 Å². The van der Waals surface area contributed by atoms with E-state index in [1.165, 1.54) is 0 Å². The van der Waals surface area contributed by atoms with Crippen molar-refractivity contribution < 1.29 is 4.79 Å². The Morgan fingerprint density at radius 1 is 1.67 bits per heavy atom. The first-order valence-electron chi connectivity index (χ1n) is 4.12. The topological polar surface area (TPSA) is 55.1 Å². The monoisotopic (exact) mass is 186 g/mol. The van der Waals surface area contributed by atoms with Gasteiger partial charge in [-0.1, -0.05) is 26.1 Å². The molecule has 0 radical (unpaired) electrons. The fraction of sp³-hybridized carbons (Fsp3) is 0.750. The van der Waals surface area contributed by atoms with Crippen LogP contribution in [0.25, 0.3) is 0 Å². The van der Waals surface area contributed by atoms with Crippen molar-refractivity contribution in [2.24, 2.45) is 11.7 Å². The largest absolute Gasteiger partial charge is 0.369 e. The van der Waals surface area contributed by atoms with Crippen molar-refractivity contribution in [3.8, 4) is 0 Å². The molecule has 3 nitrogen and oxygen atoms in total. The second-order valence-corrected chi connectivity index (χ2v) is 4.01. The summed E-state index contributed by atoms with van der Waals surface area (Å²) in [5, 5.41) is 2.94. The van der Waals surface area contributed by atoms with Gasteiger partial charge in [0.05, 0.1) is 6.04 Å². The molecule has 0 aromatic carbocycles. The van der Waals surface area contributed by atoms with Crippen LogP contribution < -0.4 is 11.1 Å². The van der Waals surface area contributed by atoms with Gasteiger partial charge in [-0.15, -0.1) is 0 Å². The summed E-state index contributed by atoms with van der Waals surface area (Å²) in [6.07, 6.45) is 0.896. The van der Waals surface area contributed by atoms with Crippen LogP contribution in [0.1, 0.15) is 20.3 Å². The molecule has 1 heterocycles. The second-order valence-electron chi connectivity index (χ2n) is 3.60. The molecule has 4 heteroatoms. The lowest BCUT2D eigenvalue weighted by molar-refractivity contribution is -0.113. The number of nitrogens with two attached hydrogens (primary N) is 1. The summed E-state index contributed by atoms with van der Waals surface area (Å²) in [4.78, 5) is 11.5. The smallest absolute Gasteiger partial charge is 0.208 e. The van der Waals surface area contributed by atoms with Crippen molar-refractivity contribution in [1.82, 2.24) is 5.32 Å². The molecular formula is C8H14N2OS. The van der Waals surface area contributed by atoms with Crippen LogP contribution in [0.2, 0.25) is 0 Å². The van der Waals surface area contributed by atoms with Gasteiger partial charge in [0.15, 0.2) is 0 Å². The molecule has 0 saturated carbocycles. The molecule has 2 atom stereocenters. The van der Waals surface area contributed by atoms with Gasteiger partial charge in [-0.3, -0.25) is 4.79 Å². The minimum absolute atomic E-state index is 0.0463. The first-order valence-corrected chi connectivity index (χ1v) is 4.53. The summed E-state index contributed by atoms with van der Waals surface area (Å²) in [7, 11) is 0. The van der Waals surface area contributed by atoms with Crippen LogP contribution in [0.4, 0.5) is 0 Å². The lowest BCUT2D eigenvalue weighted by Gasteiger charge is -2.15. The Bertz CT molecular complexity index is 215. The second kappa shape index (κ2) is 3.49. The van der Waals surface area contributed by atoms with E-state index in [0.29, 0.717) is 10.9 Å². The summed E-state index contributed by atoms with van der Waals surface area (Å²) >= 11 is 4.81. The van der Waals surface area contributed by atoms with E-state index in [2.05, 4.69) is 19.2 Å². The van der Waals surface area contributed by atoms with Gasteiger partial charge in [-0.2, -0.15) is 0 Å². The zero-order valence-electron chi connectivity index (χ0n) is 7.33. The molecule has 1 fully saturated rings. The Morgan fingerprint density at radius 2 is 2.25 bits per heavy atom. The molecule has 1 saturated heterocycles. The number of carbonyl (C=O) groups excluding carboxylic acids is 1. The molecule has 1 aliphatic rings. The molecule has 0 bridgehead atoms. The van der Waals surface area contributed by atoms with Crippen LogP contribution in [0.5, 0.6) is 0 Å². The minimum Gasteiger partial charge on any atom is -0.369 e. The summed E-state index contributed by atoms with van der Waals surface area (Å²) in [6, 6.07) is -0.384. The molecular weight excluding hydrogens is 172 g/mol. The molecule has 0 aromatic rings. The molecule has 12 heavy (non-hydrogen) atoms. The number of carbonyl (C=O) groups is 1. The standard InChI is InChI=1S/C8H14N2OS/c1-4(2)3-5-6(9)7(11)8(12)10-5/h4-6H,3,9H2,1-2H3,(H,10,12)/t5-,6-/m0/s1. The predicted octanol–water partition coefficient (Wildman–Crippen LogP) is 0.228. The molecule has 0 aromatic heterocycles. The number of thiocarbonyl (C=S) groups is 1. The normalized spacial score (nSPS) is 29.7. The van der Waals surface area contributed by atoms with Crippen LogP contribution in [0.3, 0.4) is 0 Å². The Balaban J connectivity index is 2.59. The SMILES string of the molecule is CC(C)C[C@@H]1NC(=S)C(=O)[C@H]1N. The Hall–Kier alpha value is -0.480. The van der Waals surface area contributed by atoms with Gasteiger partial charge in [0, 0.05) is 6.04 Å². The number of hydrogen-bond acceptors (Lipinski definition) is 3. The Labute approximate surface area is 77.7 Å². The Morgan fingerprint density at radius 3 is 2.58 bits per heavy atom. The van der Waals surface area contributed by atoms with E-state index in [4.69, 9.17) is 18.0 Å². The fourth-order valence-corrected chi connectivity index (χ4v) is 1.66. The average molecular weight is 186 g/mol. The molecule has 1 aliphatic heterocycles. The molecule has 0 amide bonds. The van der Waals surface area contributed by atoms with Crippen LogP contribution in [-0.4, -0.2) is 22.9 Å². The minimum atomic E-state index is -0.431. The van der Waals surface area contributed by atoms with Crippen molar-refractivity contribution in [3.05, 3.63) is 0 Å². The van der Waals surface area contributed by atoms with E-state index >= 15 is 0 Å². The number of ketones is 1. The summed E-state index contributed by atoms with van der Waals surface area (Å²) in [5.41, 5.74) is 5.66. The third-order valence-corrected chi connectivity index (χ3v) is 2.32. The highest BCUT2D eigenvalue weighted by Crippen LogP contribution is 2.12. The molecule has 0 spiro atoms. The molecule has 3 N–H and O–H groups in total. The quantitative estimate of drug-likeness (QED) is 0.606. The van der Waals surface area contributed by atoms with E-state index < -0.39 is 6.04 Å². The maximum absolute atomic E-state index is 11.2. The van der Waals surface area contributed by atoms with Crippen LogP contribution >= 0.6 is 12.2 Å². The molecule has 1 rings (SSSR count). The van der Waals surface area contributed by atoms with Gasteiger partial charge >= 0.3 is 0 Å². The first kappa shape index (κ1) is 9.61. The van der Waals surface area contributed by atoms with Crippen LogP contribution in [0, 0.1) is 5.92 Å². The van der Waals surface area contributed by atoms with Crippen molar-refractivity contribution in [2.75, 3.05) is 0 Å². The third kappa shape index (κ3) is 1.81. The highest BCUT2D eigenvalue weighted by atomic mass is 32.1. The third-order valence-electron chi connectivity index (χ3n) is 2.00. The van der Waals surface area contributed by atoms with Crippen molar-refractivity contribution >= 4 is 23.0 Å². The van der Waals surface area contributed by atoms with Gasteiger partial charge < -0.3 is 11.1 Å². The number of Topliss-reactive ketones (excluding diaryl/α,β-unsaturated/α-hetero) is 1. The van der Waals surface area contributed by atoms with E-state index in [-0.39, 0.29) is 11.8 Å². The summed E-state index contributed by atoms with van der Waals surface area (Å²) in [6.45, 7) is 4.19. The Kier molecular flexibility index (Phi) is 2.80. The molecule has 68 valence electrons.